The summed E-state index contributed by atoms with van der Waals surface area (Å²) in [6, 6.07) is 8.24. The molecule has 0 aliphatic carbocycles. The summed E-state index contributed by atoms with van der Waals surface area (Å²) in [7, 11) is 0. The Morgan fingerprint density at radius 3 is 2.35 bits per heavy atom. The van der Waals surface area contributed by atoms with Crippen LogP contribution in [0.2, 0.25) is 0 Å². The van der Waals surface area contributed by atoms with Gasteiger partial charge in [0, 0.05) is 5.56 Å². The third-order valence-electron chi connectivity index (χ3n) is 2.66. The number of nitrogen functional groups attached to an aromatic ring is 1. The first-order chi connectivity index (χ1) is 8.11. The third-order valence-corrected chi connectivity index (χ3v) is 3.64. The van der Waals surface area contributed by atoms with Crippen molar-refractivity contribution in [2.24, 2.45) is 0 Å². The van der Waals surface area contributed by atoms with Crippen LogP contribution >= 0.6 is 15.9 Å². The predicted molar refractivity (Wildman–Crippen MR) is 73.7 cm³/mol. The molecule has 0 saturated heterocycles. The van der Waals surface area contributed by atoms with Crippen LogP contribution in [0.15, 0.2) is 28.7 Å². The van der Waals surface area contributed by atoms with Crippen LogP contribution in [0.1, 0.15) is 18.2 Å². The SMILES string of the molecule is CCc1ccc(-c2nc(C)c(Br)c(N)n2)cc1. The molecule has 0 atom stereocenters. The quantitative estimate of drug-likeness (QED) is 0.923. The summed E-state index contributed by atoms with van der Waals surface area (Å²) < 4.78 is 0.770. The number of anilines is 1. The highest BCUT2D eigenvalue weighted by atomic mass is 79.9. The fourth-order valence-electron chi connectivity index (χ4n) is 1.60. The molecule has 0 amide bonds. The van der Waals surface area contributed by atoms with Gasteiger partial charge in [-0.05, 0) is 34.8 Å². The zero-order valence-corrected chi connectivity index (χ0v) is 11.5. The minimum atomic E-state index is 0.479. The third kappa shape index (κ3) is 2.47. The van der Waals surface area contributed by atoms with Crippen LogP contribution in [-0.2, 0) is 6.42 Å². The summed E-state index contributed by atoms with van der Waals surface area (Å²) in [5.41, 5.74) is 8.96. The number of nitrogens with zero attached hydrogens (tertiary/aromatic N) is 2. The van der Waals surface area contributed by atoms with E-state index in [0.29, 0.717) is 11.6 Å². The first kappa shape index (κ1) is 12.0. The minimum absolute atomic E-state index is 0.479. The lowest BCUT2D eigenvalue weighted by molar-refractivity contribution is 1.10. The van der Waals surface area contributed by atoms with Gasteiger partial charge in [0.15, 0.2) is 5.82 Å². The second-order valence-electron chi connectivity index (χ2n) is 3.88. The van der Waals surface area contributed by atoms with Crippen LogP contribution in [0, 0.1) is 6.92 Å². The highest BCUT2D eigenvalue weighted by Gasteiger charge is 2.08. The van der Waals surface area contributed by atoms with Gasteiger partial charge in [0.25, 0.3) is 0 Å². The first-order valence-corrected chi connectivity index (χ1v) is 6.30. The van der Waals surface area contributed by atoms with Crippen molar-refractivity contribution in [3.05, 3.63) is 40.0 Å². The van der Waals surface area contributed by atoms with Gasteiger partial charge >= 0.3 is 0 Å². The zero-order chi connectivity index (χ0) is 12.4. The number of aromatic nitrogens is 2. The molecule has 3 nitrogen and oxygen atoms in total. The van der Waals surface area contributed by atoms with Crippen molar-refractivity contribution >= 4 is 21.7 Å². The van der Waals surface area contributed by atoms with E-state index in [0.717, 1.165) is 22.2 Å². The van der Waals surface area contributed by atoms with Crippen molar-refractivity contribution in [3.8, 4) is 11.4 Å². The smallest absolute Gasteiger partial charge is 0.161 e. The molecular formula is C13H14BrN3. The average molecular weight is 292 g/mol. The number of halogens is 1. The molecular weight excluding hydrogens is 278 g/mol. The van der Waals surface area contributed by atoms with Crippen LogP contribution < -0.4 is 5.73 Å². The lowest BCUT2D eigenvalue weighted by Crippen LogP contribution is -2.00. The normalized spacial score (nSPS) is 10.5. The molecule has 2 rings (SSSR count). The largest absolute Gasteiger partial charge is 0.383 e. The number of benzene rings is 1. The minimum Gasteiger partial charge on any atom is -0.383 e. The van der Waals surface area contributed by atoms with E-state index in [1.54, 1.807) is 0 Å². The standard InChI is InChI=1S/C13H14BrN3/c1-3-9-4-6-10(7-5-9)13-16-8(2)11(14)12(15)17-13/h4-7H,3H2,1-2H3,(H2,15,16,17). The second-order valence-corrected chi connectivity index (χ2v) is 4.68. The van der Waals surface area contributed by atoms with Gasteiger partial charge in [-0.2, -0.15) is 0 Å². The first-order valence-electron chi connectivity index (χ1n) is 5.50. The van der Waals surface area contributed by atoms with Gasteiger partial charge in [0.2, 0.25) is 0 Å². The number of aryl methyl sites for hydroxylation is 2. The maximum atomic E-state index is 5.82. The Labute approximate surface area is 109 Å². The Morgan fingerprint density at radius 2 is 1.82 bits per heavy atom. The molecule has 0 radical (unpaired) electrons. The molecule has 0 aliphatic heterocycles. The van der Waals surface area contributed by atoms with Gasteiger partial charge in [-0.15, -0.1) is 0 Å². The Hall–Kier alpha value is -1.42. The van der Waals surface area contributed by atoms with Crippen molar-refractivity contribution in [2.75, 3.05) is 5.73 Å². The molecule has 0 bridgehead atoms. The number of hydrogen-bond donors (Lipinski definition) is 1. The Bertz CT molecular complexity index is 512. The predicted octanol–water partition coefficient (Wildman–Crippen LogP) is 3.36. The maximum Gasteiger partial charge on any atom is 0.161 e. The molecule has 4 heteroatoms. The Balaban J connectivity index is 2.45. The molecule has 88 valence electrons. The highest BCUT2D eigenvalue weighted by molar-refractivity contribution is 9.10. The van der Waals surface area contributed by atoms with Crippen LogP contribution in [0.4, 0.5) is 5.82 Å². The highest BCUT2D eigenvalue weighted by Crippen LogP contribution is 2.24. The molecule has 2 aromatic rings. The van der Waals surface area contributed by atoms with E-state index in [9.17, 15) is 0 Å². The topological polar surface area (TPSA) is 51.8 Å². The van der Waals surface area contributed by atoms with Gasteiger partial charge in [0.1, 0.15) is 5.82 Å². The van der Waals surface area contributed by atoms with Gasteiger partial charge in [-0.1, -0.05) is 31.2 Å². The molecule has 0 aliphatic rings. The van der Waals surface area contributed by atoms with Crippen molar-refractivity contribution in [3.63, 3.8) is 0 Å². The van der Waals surface area contributed by atoms with Crippen LogP contribution in [0.3, 0.4) is 0 Å². The summed E-state index contributed by atoms with van der Waals surface area (Å²) in [6.07, 6.45) is 1.03. The lowest BCUT2D eigenvalue weighted by Gasteiger charge is -2.06. The molecule has 1 heterocycles. The molecule has 0 spiro atoms. The Kier molecular flexibility index (Phi) is 3.43. The molecule has 1 aromatic heterocycles. The van der Waals surface area contributed by atoms with E-state index >= 15 is 0 Å². The Morgan fingerprint density at radius 1 is 1.18 bits per heavy atom. The van der Waals surface area contributed by atoms with Gasteiger partial charge in [-0.3, -0.25) is 0 Å². The molecule has 2 N–H and O–H groups in total. The molecule has 0 unspecified atom stereocenters. The molecule has 17 heavy (non-hydrogen) atoms. The van der Waals surface area contributed by atoms with Crippen molar-refractivity contribution in [2.45, 2.75) is 20.3 Å². The zero-order valence-electron chi connectivity index (χ0n) is 9.87. The second kappa shape index (κ2) is 4.84. The summed E-state index contributed by atoms with van der Waals surface area (Å²) in [5.74, 6) is 1.15. The van der Waals surface area contributed by atoms with Gasteiger partial charge in [-0.25, -0.2) is 9.97 Å². The maximum absolute atomic E-state index is 5.82. The van der Waals surface area contributed by atoms with Crippen LogP contribution in [0.25, 0.3) is 11.4 Å². The van der Waals surface area contributed by atoms with E-state index < -0.39 is 0 Å². The van der Waals surface area contributed by atoms with E-state index in [1.807, 2.05) is 19.1 Å². The van der Waals surface area contributed by atoms with Crippen molar-refractivity contribution < 1.29 is 0 Å². The lowest BCUT2D eigenvalue weighted by atomic mass is 10.1. The van der Waals surface area contributed by atoms with Crippen LogP contribution in [-0.4, -0.2) is 9.97 Å². The fraction of sp³-hybridized carbons (Fsp3) is 0.231. The molecule has 1 aromatic carbocycles. The van der Waals surface area contributed by atoms with Crippen LogP contribution in [0.5, 0.6) is 0 Å². The summed E-state index contributed by atoms with van der Waals surface area (Å²) in [5, 5.41) is 0. The van der Waals surface area contributed by atoms with E-state index in [2.05, 4.69) is 45.0 Å². The summed E-state index contributed by atoms with van der Waals surface area (Å²) >= 11 is 3.36. The van der Waals surface area contributed by atoms with Gasteiger partial charge < -0.3 is 5.73 Å². The number of nitrogens with two attached hydrogens (primary N) is 1. The molecule has 0 fully saturated rings. The van der Waals surface area contributed by atoms with E-state index in [-0.39, 0.29) is 0 Å². The number of rotatable bonds is 2. The number of hydrogen-bond acceptors (Lipinski definition) is 3. The fourth-order valence-corrected chi connectivity index (χ4v) is 1.78. The molecule has 0 saturated carbocycles. The van der Waals surface area contributed by atoms with E-state index in [1.165, 1.54) is 5.56 Å². The average Bonchev–Trinajstić information content (AvgIpc) is 2.35. The van der Waals surface area contributed by atoms with Gasteiger partial charge in [0.05, 0.1) is 10.2 Å². The van der Waals surface area contributed by atoms with Crippen molar-refractivity contribution in [1.82, 2.24) is 9.97 Å². The van der Waals surface area contributed by atoms with Crippen molar-refractivity contribution in [1.29, 1.82) is 0 Å². The monoisotopic (exact) mass is 291 g/mol. The van der Waals surface area contributed by atoms with E-state index in [4.69, 9.17) is 5.73 Å². The summed E-state index contributed by atoms with van der Waals surface area (Å²) in [4.78, 5) is 8.70. The summed E-state index contributed by atoms with van der Waals surface area (Å²) in [6.45, 7) is 4.04.